The molecule has 5 heteroatoms. The van der Waals surface area contributed by atoms with Crippen LogP contribution in [-0.2, 0) is 6.54 Å². The molecule has 5 nitrogen and oxygen atoms in total. The van der Waals surface area contributed by atoms with Gasteiger partial charge in [0, 0.05) is 18.2 Å². The van der Waals surface area contributed by atoms with Crippen LogP contribution in [0.5, 0.6) is 0 Å². The maximum absolute atomic E-state index is 12.0. The van der Waals surface area contributed by atoms with E-state index in [1.54, 1.807) is 6.07 Å². The molecule has 1 atom stereocenters. The highest BCUT2D eigenvalue weighted by Crippen LogP contribution is 2.18. The van der Waals surface area contributed by atoms with Crippen LogP contribution in [0, 0.1) is 0 Å². The summed E-state index contributed by atoms with van der Waals surface area (Å²) < 4.78 is 1.37. The van der Waals surface area contributed by atoms with E-state index in [2.05, 4.69) is 10.4 Å². The molecular weight excluding hydrogens is 266 g/mol. The van der Waals surface area contributed by atoms with E-state index in [0.29, 0.717) is 13.0 Å². The third-order valence-electron chi connectivity index (χ3n) is 3.83. The minimum Gasteiger partial charge on any atom is -0.387 e. The molecule has 0 amide bonds. The Morgan fingerprint density at radius 1 is 1.24 bits per heavy atom. The van der Waals surface area contributed by atoms with Crippen molar-refractivity contribution >= 4 is 0 Å². The Bertz CT molecular complexity index is 661. The summed E-state index contributed by atoms with van der Waals surface area (Å²) in [5.74, 6) is 0. The molecule has 0 aliphatic carbocycles. The molecule has 1 saturated heterocycles. The van der Waals surface area contributed by atoms with Crippen LogP contribution in [0.1, 0.15) is 12.8 Å². The van der Waals surface area contributed by atoms with Gasteiger partial charge < -0.3 is 10.4 Å². The van der Waals surface area contributed by atoms with Gasteiger partial charge in [-0.25, -0.2) is 4.68 Å². The zero-order chi connectivity index (χ0) is 14.7. The average Bonchev–Trinajstić information content (AvgIpc) is 2.51. The number of aromatic nitrogens is 2. The zero-order valence-corrected chi connectivity index (χ0v) is 11.8. The second-order valence-corrected chi connectivity index (χ2v) is 5.59. The van der Waals surface area contributed by atoms with Gasteiger partial charge in [-0.3, -0.25) is 4.79 Å². The maximum atomic E-state index is 12.0. The highest BCUT2D eigenvalue weighted by Gasteiger charge is 2.30. The summed E-state index contributed by atoms with van der Waals surface area (Å²) >= 11 is 0. The van der Waals surface area contributed by atoms with E-state index >= 15 is 0 Å². The van der Waals surface area contributed by atoms with Gasteiger partial charge in [0.1, 0.15) is 0 Å². The number of benzene rings is 1. The summed E-state index contributed by atoms with van der Waals surface area (Å²) in [7, 11) is 0. The molecule has 1 unspecified atom stereocenters. The lowest BCUT2D eigenvalue weighted by Crippen LogP contribution is -2.50. The molecule has 110 valence electrons. The fourth-order valence-corrected chi connectivity index (χ4v) is 2.69. The number of aliphatic hydroxyl groups is 1. The van der Waals surface area contributed by atoms with E-state index in [1.807, 2.05) is 30.3 Å². The van der Waals surface area contributed by atoms with Crippen molar-refractivity contribution in [3.63, 3.8) is 0 Å². The van der Waals surface area contributed by atoms with Crippen LogP contribution in [-0.4, -0.2) is 33.6 Å². The maximum Gasteiger partial charge on any atom is 0.266 e. The lowest BCUT2D eigenvalue weighted by atomic mass is 9.94. The fourth-order valence-electron chi connectivity index (χ4n) is 2.69. The first-order valence-corrected chi connectivity index (χ1v) is 7.23. The van der Waals surface area contributed by atoms with Gasteiger partial charge >= 0.3 is 0 Å². The number of piperidine rings is 1. The number of β-amino-alcohol motifs (C(OH)–C–C–N with tert-alkyl or cyclic N) is 1. The highest BCUT2D eigenvalue weighted by molar-refractivity contribution is 5.57. The van der Waals surface area contributed by atoms with E-state index in [0.717, 1.165) is 24.2 Å². The standard InChI is InChI=1S/C16H19N3O2/c20-15-8-7-14(13-5-2-1-3-6-13)18-19(15)12-16(21)9-4-10-17-11-16/h1-3,5-8,17,21H,4,9-12H2. The summed E-state index contributed by atoms with van der Waals surface area (Å²) in [4.78, 5) is 12.0. The summed E-state index contributed by atoms with van der Waals surface area (Å²) in [6.45, 7) is 1.63. The normalized spacial score (nSPS) is 22.1. The molecule has 0 spiro atoms. The molecule has 0 saturated carbocycles. The molecule has 3 rings (SSSR count). The minimum atomic E-state index is -0.898. The molecule has 21 heavy (non-hydrogen) atoms. The molecule has 1 aromatic heterocycles. The summed E-state index contributed by atoms with van der Waals surface area (Å²) in [5.41, 5.74) is 0.612. The van der Waals surface area contributed by atoms with Gasteiger partial charge in [0.2, 0.25) is 0 Å². The monoisotopic (exact) mass is 285 g/mol. The molecule has 2 N–H and O–H groups in total. The lowest BCUT2D eigenvalue weighted by Gasteiger charge is -2.32. The van der Waals surface area contributed by atoms with Crippen LogP contribution >= 0.6 is 0 Å². The Morgan fingerprint density at radius 2 is 2.05 bits per heavy atom. The topological polar surface area (TPSA) is 67.2 Å². The van der Waals surface area contributed by atoms with Crippen molar-refractivity contribution in [3.05, 3.63) is 52.8 Å². The van der Waals surface area contributed by atoms with Gasteiger partial charge in [-0.1, -0.05) is 30.3 Å². The second-order valence-electron chi connectivity index (χ2n) is 5.59. The second kappa shape index (κ2) is 5.79. The predicted molar refractivity (Wildman–Crippen MR) is 81.0 cm³/mol. The van der Waals surface area contributed by atoms with Gasteiger partial charge in [-0.2, -0.15) is 5.10 Å². The van der Waals surface area contributed by atoms with Crippen molar-refractivity contribution in [1.82, 2.24) is 15.1 Å². The van der Waals surface area contributed by atoms with Crippen LogP contribution in [0.25, 0.3) is 11.3 Å². The Labute approximate surface area is 123 Å². The Morgan fingerprint density at radius 3 is 2.76 bits per heavy atom. The fraction of sp³-hybridized carbons (Fsp3) is 0.375. The van der Waals surface area contributed by atoms with Gasteiger partial charge in [0.15, 0.2) is 0 Å². The van der Waals surface area contributed by atoms with Crippen LogP contribution in [0.15, 0.2) is 47.3 Å². The van der Waals surface area contributed by atoms with Crippen LogP contribution in [0.4, 0.5) is 0 Å². The Kier molecular flexibility index (Phi) is 3.86. The van der Waals surface area contributed by atoms with Crippen molar-refractivity contribution in [2.75, 3.05) is 13.1 Å². The smallest absolute Gasteiger partial charge is 0.266 e. The SMILES string of the molecule is O=c1ccc(-c2ccccc2)nn1CC1(O)CCCNC1. The van der Waals surface area contributed by atoms with Crippen molar-refractivity contribution in [2.24, 2.45) is 0 Å². The van der Waals surface area contributed by atoms with E-state index in [4.69, 9.17) is 0 Å². The molecule has 1 aliphatic rings. The third-order valence-corrected chi connectivity index (χ3v) is 3.83. The number of hydrogen-bond acceptors (Lipinski definition) is 4. The molecule has 1 aromatic carbocycles. The molecule has 2 heterocycles. The first-order chi connectivity index (χ1) is 10.2. The lowest BCUT2D eigenvalue weighted by molar-refractivity contribution is -0.00336. The van der Waals surface area contributed by atoms with Gasteiger partial charge in [-0.05, 0) is 25.5 Å². The first kappa shape index (κ1) is 14.0. The van der Waals surface area contributed by atoms with Crippen LogP contribution < -0.4 is 10.9 Å². The predicted octanol–water partition coefficient (Wildman–Crippen LogP) is 1.02. The average molecular weight is 285 g/mol. The Balaban J connectivity index is 1.90. The van der Waals surface area contributed by atoms with E-state index in [1.165, 1.54) is 10.7 Å². The van der Waals surface area contributed by atoms with E-state index in [9.17, 15) is 9.90 Å². The minimum absolute atomic E-state index is 0.186. The number of nitrogens with zero attached hydrogens (tertiary/aromatic N) is 2. The van der Waals surface area contributed by atoms with Gasteiger partial charge in [-0.15, -0.1) is 0 Å². The quantitative estimate of drug-likeness (QED) is 0.884. The van der Waals surface area contributed by atoms with Crippen LogP contribution in [0.2, 0.25) is 0 Å². The number of nitrogens with one attached hydrogen (secondary N) is 1. The molecule has 2 aromatic rings. The van der Waals surface area contributed by atoms with E-state index < -0.39 is 5.60 Å². The number of rotatable bonds is 3. The van der Waals surface area contributed by atoms with Crippen molar-refractivity contribution in [3.8, 4) is 11.3 Å². The zero-order valence-electron chi connectivity index (χ0n) is 11.8. The number of hydrogen-bond donors (Lipinski definition) is 2. The highest BCUT2D eigenvalue weighted by atomic mass is 16.3. The summed E-state index contributed by atoms with van der Waals surface area (Å²) in [6.07, 6.45) is 1.59. The van der Waals surface area contributed by atoms with Crippen molar-refractivity contribution in [1.29, 1.82) is 0 Å². The molecule has 0 bridgehead atoms. The van der Waals surface area contributed by atoms with Gasteiger partial charge in [0.05, 0.1) is 17.8 Å². The molecule has 0 radical (unpaired) electrons. The van der Waals surface area contributed by atoms with E-state index in [-0.39, 0.29) is 12.1 Å². The largest absolute Gasteiger partial charge is 0.387 e. The van der Waals surface area contributed by atoms with Crippen LogP contribution in [0.3, 0.4) is 0 Å². The Hall–Kier alpha value is -1.98. The molecule has 1 fully saturated rings. The van der Waals surface area contributed by atoms with Gasteiger partial charge in [0.25, 0.3) is 5.56 Å². The summed E-state index contributed by atoms with van der Waals surface area (Å²) in [6, 6.07) is 12.9. The van der Waals surface area contributed by atoms with Crippen molar-refractivity contribution < 1.29 is 5.11 Å². The molecule has 1 aliphatic heterocycles. The van der Waals surface area contributed by atoms with Crippen molar-refractivity contribution in [2.45, 2.75) is 25.0 Å². The first-order valence-electron chi connectivity index (χ1n) is 7.23. The third kappa shape index (κ3) is 3.20. The summed E-state index contributed by atoms with van der Waals surface area (Å²) in [5, 5.41) is 18.1. The molecular formula is C16H19N3O2.